The molecule has 0 fully saturated rings. The van der Waals surface area contributed by atoms with Gasteiger partial charge in [-0.05, 0) is 32.6 Å². The highest BCUT2D eigenvalue weighted by atomic mass is 16.5. The molecule has 2 heteroatoms. The predicted molar refractivity (Wildman–Crippen MR) is 52.4 cm³/mol. The minimum atomic E-state index is -0.107. The number of ether oxygens (including phenoxy) is 1. The van der Waals surface area contributed by atoms with E-state index in [0.29, 0.717) is 6.61 Å². The van der Waals surface area contributed by atoms with Crippen molar-refractivity contribution in [2.45, 2.75) is 45.4 Å². The highest BCUT2D eigenvalue weighted by Crippen LogP contribution is 2.17. The van der Waals surface area contributed by atoms with Crippen molar-refractivity contribution < 1.29 is 9.53 Å². The van der Waals surface area contributed by atoms with Crippen molar-refractivity contribution in [2.75, 3.05) is 6.61 Å². The molecular formula is C11H18O2. The van der Waals surface area contributed by atoms with Gasteiger partial charge in [-0.1, -0.05) is 18.9 Å². The highest BCUT2D eigenvalue weighted by Gasteiger charge is 2.10. The fourth-order valence-corrected chi connectivity index (χ4v) is 1.60. The first kappa shape index (κ1) is 10.3. The molecule has 0 radical (unpaired) electrons. The molecule has 1 aliphatic carbocycles. The summed E-state index contributed by atoms with van der Waals surface area (Å²) in [6.45, 7) is 2.33. The fraction of sp³-hybridized carbons (Fsp3) is 0.727. The zero-order valence-corrected chi connectivity index (χ0v) is 8.34. The third-order valence-electron chi connectivity index (χ3n) is 2.33. The van der Waals surface area contributed by atoms with Gasteiger partial charge in [0.25, 0.3) is 0 Å². The molecule has 0 spiro atoms. The molecule has 1 aliphatic rings. The van der Waals surface area contributed by atoms with E-state index < -0.39 is 0 Å². The van der Waals surface area contributed by atoms with Crippen LogP contribution in [-0.2, 0) is 9.53 Å². The molecule has 0 unspecified atom stereocenters. The lowest BCUT2D eigenvalue weighted by molar-refractivity contribution is -0.138. The van der Waals surface area contributed by atoms with Gasteiger partial charge in [-0.2, -0.15) is 0 Å². The molecule has 0 N–H and O–H groups in total. The minimum absolute atomic E-state index is 0.107. The second-order valence-corrected chi connectivity index (χ2v) is 3.40. The van der Waals surface area contributed by atoms with Crippen molar-refractivity contribution in [1.82, 2.24) is 0 Å². The van der Waals surface area contributed by atoms with E-state index >= 15 is 0 Å². The van der Waals surface area contributed by atoms with Crippen molar-refractivity contribution in [3.05, 3.63) is 11.6 Å². The molecule has 0 heterocycles. The van der Waals surface area contributed by atoms with Crippen LogP contribution < -0.4 is 0 Å². The fourth-order valence-electron chi connectivity index (χ4n) is 1.60. The summed E-state index contributed by atoms with van der Waals surface area (Å²) in [4.78, 5) is 11.4. The van der Waals surface area contributed by atoms with Gasteiger partial charge in [-0.15, -0.1) is 0 Å². The van der Waals surface area contributed by atoms with Gasteiger partial charge in [-0.25, -0.2) is 4.79 Å². The number of carbonyl (C=O) groups is 1. The second kappa shape index (κ2) is 5.79. The zero-order chi connectivity index (χ0) is 9.52. The molecule has 0 aromatic rings. The van der Waals surface area contributed by atoms with Crippen LogP contribution in [0.4, 0.5) is 0 Å². The smallest absolute Gasteiger partial charge is 0.333 e. The summed E-state index contributed by atoms with van der Waals surface area (Å²) < 4.78 is 4.97. The Morgan fingerprint density at radius 2 is 2.15 bits per heavy atom. The van der Waals surface area contributed by atoms with Crippen molar-refractivity contribution in [3.8, 4) is 0 Å². The lowest BCUT2D eigenvalue weighted by Gasteiger charge is -2.09. The summed E-state index contributed by atoms with van der Waals surface area (Å²) in [6.07, 6.45) is 8.88. The average Bonchev–Trinajstić information content (AvgIpc) is 2.03. The molecule has 0 aliphatic heterocycles. The number of esters is 1. The van der Waals surface area contributed by atoms with Crippen LogP contribution in [0.3, 0.4) is 0 Å². The molecule has 0 aromatic heterocycles. The molecule has 2 nitrogen and oxygen atoms in total. The van der Waals surface area contributed by atoms with Crippen LogP contribution >= 0.6 is 0 Å². The number of rotatable bonds is 2. The van der Waals surface area contributed by atoms with Crippen molar-refractivity contribution in [1.29, 1.82) is 0 Å². The Hall–Kier alpha value is -0.790. The van der Waals surface area contributed by atoms with Crippen LogP contribution in [0.2, 0.25) is 0 Å². The monoisotopic (exact) mass is 182 g/mol. The number of hydrogen-bond donors (Lipinski definition) is 0. The van der Waals surface area contributed by atoms with E-state index in [0.717, 1.165) is 24.8 Å². The van der Waals surface area contributed by atoms with Crippen molar-refractivity contribution in [2.24, 2.45) is 0 Å². The lowest BCUT2D eigenvalue weighted by atomic mass is 10.0. The standard InChI is InChI=1S/C11H18O2/c1-2-13-11(12)10-8-6-4-3-5-7-9-10/h8H,2-7,9H2,1H3. The Labute approximate surface area is 80.0 Å². The van der Waals surface area contributed by atoms with Crippen LogP contribution in [0, 0.1) is 0 Å². The average molecular weight is 182 g/mol. The normalized spacial score (nSPS) is 18.4. The summed E-state index contributed by atoms with van der Waals surface area (Å²) in [5.74, 6) is -0.107. The van der Waals surface area contributed by atoms with Crippen LogP contribution in [0.15, 0.2) is 11.6 Å². The Kier molecular flexibility index (Phi) is 4.58. The summed E-state index contributed by atoms with van der Waals surface area (Å²) >= 11 is 0. The van der Waals surface area contributed by atoms with E-state index in [4.69, 9.17) is 4.74 Å². The third kappa shape index (κ3) is 3.62. The third-order valence-corrected chi connectivity index (χ3v) is 2.33. The lowest BCUT2D eigenvalue weighted by Crippen LogP contribution is -2.08. The summed E-state index contributed by atoms with van der Waals surface area (Å²) in [7, 11) is 0. The largest absolute Gasteiger partial charge is 0.463 e. The van der Waals surface area contributed by atoms with Crippen LogP contribution in [0.25, 0.3) is 0 Å². The summed E-state index contributed by atoms with van der Waals surface area (Å²) in [5, 5.41) is 0. The van der Waals surface area contributed by atoms with Gasteiger partial charge in [0, 0.05) is 5.57 Å². The first-order valence-electron chi connectivity index (χ1n) is 5.20. The van der Waals surface area contributed by atoms with E-state index in [9.17, 15) is 4.79 Å². The van der Waals surface area contributed by atoms with Gasteiger partial charge < -0.3 is 4.74 Å². The van der Waals surface area contributed by atoms with Crippen LogP contribution in [0.1, 0.15) is 45.4 Å². The first-order valence-corrected chi connectivity index (χ1v) is 5.20. The predicted octanol–water partition coefficient (Wildman–Crippen LogP) is 2.83. The van der Waals surface area contributed by atoms with Gasteiger partial charge in [0.15, 0.2) is 0 Å². The minimum Gasteiger partial charge on any atom is -0.463 e. The topological polar surface area (TPSA) is 26.3 Å². The van der Waals surface area contributed by atoms with Crippen LogP contribution in [0.5, 0.6) is 0 Å². The maximum absolute atomic E-state index is 11.4. The second-order valence-electron chi connectivity index (χ2n) is 3.40. The Morgan fingerprint density at radius 3 is 2.92 bits per heavy atom. The Balaban J connectivity index is 2.48. The van der Waals surface area contributed by atoms with E-state index in [-0.39, 0.29) is 5.97 Å². The van der Waals surface area contributed by atoms with E-state index in [1.54, 1.807) is 0 Å². The quantitative estimate of drug-likeness (QED) is 0.614. The first-order chi connectivity index (χ1) is 6.34. The zero-order valence-electron chi connectivity index (χ0n) is 8.34. The molecule has 0 bridgehead atoms. The molecule has 74 valence electrons. The van der Waals surface area contributed by atoms with Gasteiger partial charge in [0.2, 0.25) is 0 Å². The molecule has 0 atom stereocenters. The van der Waals surface area contributed by atoms with Crippen LogP contribution in [-0.4, -0.2) is 12.6 Å². The molecule has 0 saturated carbocycles. The van der Waals surface area contributed by atoms with Gasteiger partial charge >= 0.3 is 5.97 Å². The number of carbonyl (C=O) groups excluding carboxylic acids is 1. The van der Waals surface area contributed by atoms with Crippen molar-refractivity contribution in [3.63, 3.8) is 0 Å². The Bertz CT molecular complexity index is 194. The molecular weight excluding hydrogens is 164 g/mol. The van der Waals surface area contributed by atoms with Crippen molar-refractivity contribution >= 4 is 5.97 Å². The van der Waals surface area contributed by atoms with E-state index in [1.807, 2.05) is 6.92 Å². The maximum Gasteiger partial charge on any atom is 0.333 e. The molecule has 0 saturated heterocycles. The SMILES string of the molecule is CCOC(=O)C1=CCCCCCC1. The van der Waals surface area contributed by atoms with Gasteiger partial charge in [-0.3, -0.25) is 0 Å². The van der Waals surface area contributed by atoms with Gasteiger partial charge in [0.1, 0.15) is 0 Å². The highest BCUT2D eigenvalue weighted by molar-refractivity contribution is 5.88. The number of allylic oxidation sites excluding steroid dienone is 1. The molecule has 1 rings (SSSR count). The van der Waals surface area contributed by atoms with Gasteiger partial charge in [0.05, 0.1) is 6.61 Å². The maximum atomic E-state index is 11.4. The molecule has 0 aromatic carbocycles. The Morgan fingerprint density at radius 1 is 1.38 bits per heavy atom. The van der Waals surface area contributed by atoms with E-state index in [1.165, 1.54) is 19.3 Å². The van der Waals surface area contributed by atoms with E-state index in [2.05, 4.69) is 6.08 Å². The summed E-state index contributed by atoms with van der Waals surface area (Å²) in [6, 6.07) is 0. The number of hydrogen-bond acceptors (Lipinski definition) is 2. The molecule has 13 heavy (non-hydrogen) atoms. The molecule has 0 amide bonds. The summed E-state index contributed by atoms with van der Waals surface area (Å²) in [5.41, 5.74) is 0.890.